The molecule has 0 aromatic heterocycles. The van der Waals surface area contributed by atoms with E-state index in [9.17, 15) is 26.8 Å². The zero-order chi connectivity index (χ0) is 18.7. The van der Waals surface area contributed by atoms with E-state index in [1.54, 1.807) is 0 Å². The maximum Gasteiger partial charge on any atom is 0.199 e. The highest BCUT2D eigenvalue weighted by Gasteiger charge is 2.37. The summed E-state index contributed by atoms with van der Waals surface area (Å²) in [6.07, 6.45) is 0.776. The molecule has 0 radical (unpaired) electrons. The molecule has 24 heavy (non-hydrogen) atoms. The van der Waals surface area contributed by atoms with Crippen LogP contribution in [0.5, 0.6) is 0 Å². The van der Waals surface area contributed by atoms with Gasteiger partial charge in [0.1, 0.15) is 5.69 Å². The van der Waals surface area contributed by atoms with Gasteiger partial charge in [0.15, 0.2) is 31.6 Å². The minimum absolute atomic E-state index is 0.133. The maximum atomic E-state index is 13.9. The van der Waals surface area contributed by atoms with Crippen LogP contribution in [0.25, 0.3) is 0 Å². The molecular formula is C16H24F5NOSi. The van der Waals surface area contributed by atoms with Crippen molar-refractivity contribution in [3.8, 4) is 0 Å². The van der Waals surface area contributed by atoms with Crippen LogP contribution < -0.4 is 5.12 Å². The first kappa shape index (κ1) is 20.9. The van der Waals surface area contributed by atoms with Crippen LogP contribution in [0.2, 0.25) is 17.1 Å². The van der Waals surface area contributed by atoms with Gasteiger partial charge in [-0.05, 0) is 23.5 Å². The Morgan fingerprint density at radius 1 is 0.958 bits per heavy atom. The summed E-state index contributed by atoms with van der Waals surface area (Å²) >= 11 is 0. The molecule has 1 N–H and O–H groups in total. The van der Waals surface area contributed by atoms with Crippen LogP contribution in [0.15, 0.2) is 6.07 Å². The monoisotopic (exact) mass is 369 g/mol. The average Bonchev–Trinajstić information content (AvgIpc) is 2.51. The van der Waals surface area contributed by atoms with E-state index >= 15 is 0 Å². The SMILES string of the molecule is CC(C)[Si](O)(CCCCN(F)c1cc(F)c(F)c(F)c1F)C(C)C. The third kappa shape index (κ3) is 4.47. The number of benzene rings is 1. The highest BCUT2D eigenvalue weighted by molar-refractivity contribution is 6.75. The van der Waals surface area contributed by atoms with Crippen molar-refractivity contribution in [1.29, 1.82) is 0 Å². The van der Waals surface area contributed by atoms with Crippen LogP contribution >= 0.6 is 0 Å². The number of unbranched alkanes of at least 4 members (excludes halogenated alkanes) is 1. The van der Waals surface area contributed by atoms with E-state index in [-0.39, 0.29) is 29.2 Å². The molecule has 0 heterocycles. The lowest BCUT2D eigenvalue weighted by Crippen LogP contribution is -2.41. The largest absolute Gasteiger partial charge is 0.431 e. The number of nitrogens with zero attached hydrogens (tertiary/aromatic N) is 1. The normalized spacial score (nSPS) is 12.3. The molecule has 0 bridgehead atoms. The van der Waals surface area contributed by atoms with Gasteiger partial charge in [-0.1, -0.05) is 38.6 Å². The summed E-state index contributed by atoms with van der Waals surface area (Å²) in [5.74, 6) is -7.40. The predicted octanol–water partition coefficient (Wildman–Crippen LogP) is 5.47. The lowest BCUT2D eigenvalue weighted by Gasteiger charge is -2.33. The smallest absolute Gasteiger partial charge is 0.199 e. The molecular weight excluding hydrogens is 345 g/mol. The lowest BCUT2D eigenvalue weighted by atomic mass is 10.2. The van der Waals surface area contributed by atoms with Gasteiger partial charge < -0.3 is 4.80 Å². The summed E-state index contributed by atoms with van der Waals surface area (Å²) in [7, 11) is -2.48. The van der Waals surface area contributed by atoms with Gasteiger partial charge in [-0.2, -0.15) is 0 Å². The first-order valence-corrected chi connectivity index (χ1v) is 10.3. The summed E-state index contributed by atoms with van der Waals surface area (Å²) in [4.78, 5) is 10.7. The van der Waals surface area contributed by atoms with Gasteiger partial charge >= 0.3 is 0 Å². The average molecular weight is 369 g/mol. The van der Waals surface area contributed by atoms with E-state index in [2.05, 4.69) is 0 Å². The Bertz CT molecular complexity index is 560. The molecule has 2 nitrogen and oxygen atoms in total. The van der Waals surface area contributed by atoms with Gasteiger partial charge in [0.2, 0.25) is 0 Å². The number of anilines is 1. The van der Waals surface area contributed by atoms with Gasteiger partial charge in [-0.25, -0.2) is 22.7 Å². The minimum atomic E-state index is -2.48. The first-order valence-electron chi connectivity index (χ1n) is 8.01. The van der Waals surface area contributed by atoms with Crippen molar-refractivity contribution >= 4 is 14.0 Å². The summed E-state index contributed by atoms with van der Waals surface area (Å²) in [5, 5.41) is -0.133. The van der Waals surface area contributed by atoms with E-state index in [0.29, 0.717) is 18.5 Å². The molecule has 0 aliphatic rings. The fraction of sp³-hybridized carbons (Fsp3) is 0.625. The Morgan fingerprint density at radius 2 is 1.50 bits per heavy atom. The standard InChI is InChI=1S/C16H24F5NOSi/c1-10(2)24(23,11(3)4)8-6-5-7-22(21)13-9-12(17)14(18)16(20)15(13)19/h9-11,23H,5-8H2,1-4H3. The molecule has 1 rings (SSSR count). The summed E-state index contributed by atoms with van der Waals surface area (Å²) in [6.45, 7) is 7.50. The third-order valence-electron chi connectivity index (χ3n) is 4.53. The van der Waals surface area contributed by atoms with Gasteiger partial charge in [0.05, 0.1) is 6.54 Å². The molecule has 0 aliphatic carbocycles. The van der Waals surface area contributed by atoms with Gasteiger partial charge in [-0.3, -0.25) is 0 Å². The molecule has 0 saturated carbocycles. The topological polar surface area (TPSA) is 23.5 Å². The van der Waals surface area contributed by atoms with E-state index in [1.165, 1.54) is 0 Å². The first-order chi connectivity index (χ1) is 11.0. The van der Waals surface area contributed by atoms with Crippen molar-refractivity contribution in [2.75, 3.05) is 11.7 Å². The van der Waals surface area contributed by atoms with Crippen molar-refractivity contribution in [1.82, 2.24) is 0 Å². The van der Waals surface area contributed by atoms with Crippen LogP contribution in [0, 0.1) is 23.3 Å². The van der Waals surface area contributed by atoms with Crippen molar-refractivity contribution < 1.29 is 26.8 Å². The third-order valence-corrected chi connectivity index (χ3v) is 9.68. The number of rotatable bonds is 8. The Kier molecular flexibility index (Phi) is 7.21. The molecule has 0 saturated heterocycles. The summed E-state index contributed by atoms with van der Waals surface area (Å²) < 4.78 is 66.5. The van der Waals surface area contributed by atoms with Crippen molar-refractivity contribution in [2.45, 2.75) is 57.7 Å². The molecule has 0 unspecified atom stereocenters. The number of hydrogen-bond acceptors (Lipinski definition) is 2. The molecule has 1 aromatic carbocycles. The number of hydrogen-bond donors (Lipinski definition) is 1. The van der Waals surface area contributed by atoms with Crippen LogP contribution in [0.1, 0.15) is 40.5 Å². The summed E-state index contributed by atoms with van der Waals surface area (Å²) in [6, 6.07) is 0.853. The van der Waals surface area contributed by atoms with Crippen LogP contribution in [0.3, 0.4) is 0 Å². The Labute approximate surface area is 140 Å². The molecule has 1 aromatic rings. The molecule has 138 valence electrons. The molecule has 0 aliphatic heterocycles. The second-order valence-electron chi connectivity index (χ2n) is 6.66. The second-order valence-corrected chi connectivity index (χ2v) is 11.5. The molecule has 0 atom stereocenters. The van der Waals surface area contributed by atoms with E-state index in [0.717, 1.165) is 0 Å². The van der Waals surface area contributed by atoms with Crippen molar-refractivity contribution in [2.24, 2.45) is 0 Å². The lowest BCUT2D eigenvalue weighted by molar-refractivity contribution is 0.381. The Hall–Kier alpha value is -1.15. The Morgan fingerprint density at radius 3 is 2.00 bits per heavy atom. The molecule has 0 spiro atoms. The predicted molar refractivity (Wildman–Crippen MR) is 86.9 cm³/mol. The van der Waals surface area contributed by atoms with E-state index in [1.807, 2.05) is 27.7 Å². The van der Waals surface area contributed by atoms with E-state index < -0.39 is 37.3 Å². The van der Waals surface area contributed by atoms with Crippen LogP contribution in [0.4, 0.5) is 27.7 Å². The second kappa shape index (κ2) is 8.29. The van der Waals surface area contributed by atoms with Crippen molar-refractivity contribution in [3.05, 3.63) is 29.3 Å². The van der Waals surface area contributed by atoms with Gasteiger partial charge in [0.25, 0.3) is 0 Å². The highest BCUT2D eigenvalue weighted by Crippen LogP contribution is 2.34. The van der Waals surface area contributed by atoms with Crippen LogP contribution in [-0.4, -0.2) is 19.7 Å². The molecule has 0 amide bonds. The fourth-order valence-electron chi connectivity index (χ4n) is 2.76. The van der Waals surface area contributed by atoms with Crippen LogP contribution in [-0.2, 0) is 0 Å². The molecule has 0 fully saturated rings. The Balaban J connectivity index is 2.67. The van der Waals surface area contributed by atoms with E-state index in [4.69, 9.17) is 0 Å². The zero-order valence-electron chi connectivity index (χ0n) is 14.3. The fourth-order valence-corrected chi connectivity index (χ4v) is 6.06. The maximum absolute atomic E-state index is 13.9. The zero-order valence-corrected chi connectivity index (χ0v) is 15.3. The summed E-state index contributed by atoms with van der Waals surface area (Å²) in [5.41, 5.74) is -0.667. The minimum Gasteiger partial charge on any atom is -0.431 e. The van der Waals surface area contributed by atoms with Crippen molar-refractivity contribution in [3.63, 3.8) is 0 Å². The number of halogens is 5. The quantitative estimate of drug-likeness (QED) is 0.164. The van der Waals surface area contributed by atoms with Gasteiger partial charge in [-0.15, -0.1) is 0 Å². The molecule has 8 heteroatoms. The highest BCUT2D eigenvalue weighted by atomic mass is 28.4. The van der Waals surface area contributed by atoms with Gasteiger partial charge in [0, 0.05) is 6.07 Å².